The van der Waals surface area contributed by atoms with Gasteiger partial charge >= 0.3 is 0 Å². The molecule has 190 valence electrons. The summed E-state index contributed by atoms with van der Waals surface area (Å²) in [5.74, 6) is -1.21. The van der Waals surface area contributed by atoms with Crippen molar-refractivity contribution in [3.63, 3.8) is 0 Å². The Morgan fingerprint density at radius 2 is 2.03 bits per heavy atom. The SMILES string of the molecule is Cc1c(Sc2cc(F)c3[nH]ncc3c2)cc(C(=O)NCc2c(F)ccc3cnn(C4CC4)c23)n1CCO. The van der Waals surface area contributed by atoms with Gasteiger partial charge in [0.05, 0.1) is 30.6 Å². The zero-order valence-corrected chi connectivity index (χ0v) is 20.8. The van der Waals surface area contributed by atoms with Gasteiger partial charge in [0.2, 0.25) is 0 Å². The van der Waals surface area contributed by atoms with Crippen LogP contribution in [0.3, 0.4) is 0 Å². The molecule has 0 radical (unpaired) electrons. The van der Waals surface area contributed by atoms with Gasteiger partial charge in [-0.25, -0.2) is 8.78 Å². The molecular weight excluding hydrogens is 498 g/mol. The molecule has 0 spiro atoms. The van der Waals surface area contributed by atoms with E-state index in [2.05, 4.69) is 20.6 Å². The summed E-state index contributed by atoms with van der Waals surface area (Å²) in [5, 5.41) is 24.9. The van der Waals surface area contributed by atoms with Gasteiger partial charge in [0.1, 0.15) is 22.8 Å². The minimum atomic E-state index is -0.412. The van der Waals surface area contributed by atoms with Gasteiger partial charge in [-0.1, -0.05) is 11.8 Å². The summed E-state index contributed by atoms with van der Waals surface area (Å²) in [4.78, 5) is 14.7. The van der Waals surface area contributed by atoms with Crippen LogP contribution in [0, 0.1) is 18.6 Å². The van der Waals surface area contributed by atoms with Gasteiger partial charge < -0.3 is 15.0 Å². The molecule has 1 amide bonds. The highest BCUT2D eigenvalue weighted by Crippen LogP contribution is 2.38. The summed E-state index contributed by atoms with van der Waals surface area (Å²) in [7, 11) is 0. The van der Waals surface area contributed by atoms with Crippen molar-refractivity contribution in [1.82, 2.24) is 29.9 Å². The lowest BCUT2D eigenvalue weighted by Crippen LogP contribution is -2.27. The van der Waals surface area contributed by atoms with E-state index in [1.165, 1.54) is 23.9 Å². The van der Waals surface area contributed by atoms with Crippen LogP contribution in [-0.2, 0) is 13.1 Å². The molecule has 0 bridgehead atoms. The Labute approximate surface area is 214 Å². The molecule has 2 aromatic carbocycles. The average Bonchev–Trinajstić information content (AvgIpc) is 3.31. The Morgan fingerprint density at radius 3 is 2.81 bits per heavy atom. The number of hydrogen-bond acceptors (Lipinski definition) is 5. The Bertz CT molecular complexity index is 1650. The number of rotatable bonds is 8. The van der Waals surface area contributed by atoms with Crippen molar-refractivity contribution in [2.24, 2.45) is 0 Å². The third-order valence-corrected chi connectivity index (χ3v) is 7.81. The fourth-order valence-corrected chi connectivity index (χ4v) is 5.71. The van der Waals surface area contributed by atoms with Gasteiger partial charge in [0.25, 0.3) is 5.91 Å². The average molecular weight is 523 g/mol. The van der Waals surface area contributed by atoms with E-state index in [9.17, 15) is 18.7 Å². The highest BCUT2D eigenvalue weighted by Gasteiger charge is 2.28. The number of carbonyl (C=O) groups is 1. The summed E-state index contributed by atoms with van der Waals surface area (Å²) >= 11 is 1.32. The van der Waals surface area contributed by atoms with Crippen LogP contribution in [0.5, 0.6) is 0 Å². The largest absolute Gasteiger partial charge is 0.395 e. The summed E-state index contributed by atoms with van der Waals surface area (Å²) < 4.78 is 32.9. The van der Waals surface area contributed by atoms with Gasteiger partial charge in [-0.2, -0.15) is 10.2 Å². The van der Waals surface area contributed by atoms with Crippen LogP contribution in [0.1, 0.15) is 40.6 Å². The van der Waals surface area contributed by atoms with Crippen LogP contribution in [0.2, 0.25) is 0 Å². The first-order valence-electron chi connectivity index (χ1n) is 12.0. The van der Waals surface area contributed by atoms with E-state index in [0.29, 0.717) is 32.6 Å². The minimum Gasteiger partial charge on any atom is -0.395 e. The van der Waals surface area contributed by atoms with Crippen molar-refractivity contribution in [3.8, 4) is 0 Å². The quantitative estimate of drug-likeness (QED) is 0.274. The topological polar surface area (TPSA) is 101 Å². The van der Waals surface area contributed by atoms with Gasteiger partial charge in [-0.15, -0.1) is 0 Å². The van der Waals surface area contributed by atoms with E-state index in [-0.39, 0.29) is 25.7 Å². The van der Waals surface area contributed by atoms with Crippen molar-refractivity contribution < 1.29 is 18.7 Å². The van der Waals surface area contributed by atoms with Crippen LogP contribution in [0.15, 0.2) is 52.5 Å². The second kappa shape index (κ2) is 9.31. The number of amides is 1. The summed E-state index contributed by atoms with van der Waals surface area (Å²) in [6.07, 6.45) is 5.29. The summed E-state index contributed by atoms with van der Waals surface area (Å²) in [6.45, 7) is 1.89. The van der Waals surface area contributed by atoms with Crippen molar-refractivity contribution in [2.45, 2.75) is 48.7 Å². The van der Waals surface area contributed by atoms with Crippen LogP contribution >= 0.6 is 11.8 Å². The number of aromatic nitrogens is 5. The third kappa shape index (κ3) is 4.27. The highest BCUT2D eigenvalue weighted by atomic mass is 32.2. The number of benzene rings is 2. The van der Waals surface area contributed by atoms with Crippen LogP contribution in [0.4, 0.5) is 8.78 Å². The maximum absolute atomic E-state index is 14.9. The molecule has 37 heavy (non-hydrogen) atoms. The Kier molecular flexibility index (Phi) is 5.96. The third-order valence-electron chi connectivity index (χ3n) is 6.70. The molecule has 3 aromatic heterocycles. The van der Waals surface area contributed by atoms with E-state index in [1.807, 2.05) is 17.7 Å². The van der Waals surface area contributed by atoms with E-state index < -0.39 is 17.5 Å². The molecular formula is C26H24F2N6O2S. The lowest BCUT2D eigenvalue weighted by atomic mass is 10.1. The zero-order chi connectivity index (χ0) is 25.7. The molecule has 6 rings (SSSR count). The molecule has 1 aliphatic rings. The van der Waals surface area contributed by atoms with Crippen LogP contribution in [-0.4, -0.2) is 42.2 Å². The molecule has 0 unspecified atom stereocenters. The summed E-state index contributed by atoms with van der Waals surface area (Å²) in [6, 6.07) is 8.32. The molecule has 11 heteroatoms. The van der Waals surface area contributed by atoms with Crippen molar-refractivity contribution in [1.29, 1.82) is 0 Å². The fourth-order valence-electron chi connectivity index (χ4n) is 4.68. The monoisotopic (exact) mass is 522 g/mol. The minimum absolute atomic E-state index is 0.00534. The molecule has 0 atom stereocenters. The predicted molar refractivity (Wildman–Crippen MR) is 136 cm³/mol. The molecule has 0 saturated heterocycles. The number of nitrogens with zero attached hydrogens (tertiary/aromatic N) is 4. The first-order valence-corrected chi connectivity index (χ1v) is 12.8. The smallest absolute Gasteiger partial charge is 0.268 e. The van der Waals surface area contributed by atoms with Gasteiger partial charge in [-0.05, 0) is 50.1 Å². The van der Waals surface area contributed by atoms with Crippen molar-refractivity contribution in [3.05, 3.63) is 71.3 Å². The number of aliphatic hydroxyl groups is 1. The first-order chi connectivity index (χ1) is 17.9. The van der Waals surface area contributed by atoms with Gasteiger partial charge in [0, 0.05) is 44.9 Å². The predicted octanol–water partition coefficient (Wildman–Crippen LogP) is 4.71. The molecule has 1 aliphatic carbocycles. The maximum atomic E-state index is 14.9. The van der Waals surface area contributed by atoms with Crippen molar-refractivity contribution >= 4 is 39.5 Å². The second-order valence-corrected chi connectivity index (χ2v) is 10.3. The molecule has 3 heterocycles. The second-order valence-electron chi connectivity index (χ2n) is 9.16. The number of carbonyl (C=O) groups excluding carboxylic acids is 1. The lowest BCUT2D eigenvalue weighted by molar-refractivity contribution is 0.0940. The summed E-state index contributed by atoms with van der Waals surface area (Å²) in [5.41, 5.74) is 2.53. The van der Waals surface area contributed by atoms with Crippen molar-refractivity contribution in [2.75, 3.05) is 6.61 Å². The molecule has 0 aliphatic heterocycles. The highest BCUT2D eigenvalue weighted by molar-refractivity contribution is 7.99. The number of fused-ring (bicyclic) bond motifs is 2. The number of halogens is 2. The maximum Gasteiger partial charge on any atom is 0.268 e. The Morgan fingerprint density at radius 1 is 1.19 bits per heavy atom. The van der Waals surface area contributed by atoms with E-state index >= 15 is 0 Å². The Hall–Kier alpha value is -3.70. The molecule has 1 saturated carbocycles. The number of aromatic amines is 1. The van der Waals surface area contributed by atoms with E-state index in [0.717, 1.165) is 28.8 Å². The molecule has 8 nitrogen and oxygen atoms in total. The van der Waals surface area contributed by atoms with E-state index in [4.69, 9.17) is 0 Å². The number of hydrogen-bond donors (Lipinski definition) is 3. The fraction of sp³-hybridized carbons (Fsp3) is 0.269. The van der Waals surface area contributed by atoms with Gasteiger partial charge in [-0.3, -0.25) is 14.6 Å². The number of nitrogens with one attached hydrogen (secondary N) is 2. The standard InChI is InChI=1S/C26H24F2N6O2S/c1-14-23(37-18-8-16-11-30-32-24(16)21(28)9-18)10-22(33(14)6-7-35)26(36)29-13-19-20(27)5-2-15-12-31-34(25(15)19)17-3-4-17/h2,5,8-12,17,35H,3-4,6-7,13H2,1H3,(H,29,36)(H,30,32). The number of aliphatic hydroxyl groups excluding tert-OH is 1. The zero-order valence-electron chi connectivity index (χ0n) is 20.0. The Balaban J connectivity index is 1.28. The molecule has 1 fully saturated rings. The van der Waals surface area contributed by atoms with Gasteiger partial charge in [0.15, 0.2) is 0 Å². The lowest BCUT2D eigenvalue weighted by Gasteiger charge is -2.12. The van der Waals surface area contributed by atoms with E-state index in [1.54, 1.807) is 29.1 Å². The first kappa shape index (κ1) is 23.7. The van der Waals surface area contributed by atoms with Crippen LogP contribution in [0.25, 0.3) is 21.8 Å². The molecule has 5 aromatic rings. The van der Waals surface area contributed by atoms with Crippen LogP contribution < -0.4 is 5.32 Å². The molecule has 3 N–H and O–H groups in total. The number of H-pyrrole nitrogens is 1. The normalized spacial score (nSPS) is 13.6.